The molecule has 1 aliphatic heterocycles. The number of para-hydroxylation sites is 1. The molecule has 0 bridgehead atoms. The van der Waals surface area contributed by atoms with E-state index in [1.165, 1.54) is 28.9 Å². The molecule has 2 aromatic carbocycles. The van der Waals surface area contributed by atoms with Gasteiger partial charge in [-0.25, -0.2) is 4.98 Å². The molecule has 2 N–H and O–H groups in total. The summed E-state index contributed by atoms with van der Waals surface area (Å²) in [5, 5.41) is 6.37. The van der Waals surface area contributed by atoms with Crippen molar-refractivity contribution in [2.24, 2.45) is 5.92 Å². The summed E-state index contributed by atoms with van der Waals surface area (Å²) >= 11 is 1.51. The van der Waals surface area contributed by atoms with Gasteiger partial charge in [-0.1, -0.05) is 56.3 Å². The zero-order valence-corrected chi connectivity index (χ0v) is 20.5. The Morgan fingerprint density at radius 2 is 1.85 bits per heavy atom. The fraction of sp³-hybridized carbons (Fsp3) is 0.346. The molecule has 0 fully saturated rings. The van der Waals surface area contributed by atoms with Crippen molar-refractivity contribution in [3.8, 4) is 5.75 Å². The first kappa shape index (κ1) is 23.9. The minimum Gasteiger partial charge on any atom is -0.496 e. The van der Waals surface area contributed by atoms with Crippen molar-refractivity contribution in [1.29, 1.82) is 0 Å². The largest absolute Gasteiger partial charge is 0.496 e. The predicted molar refractivity (Wildman–Crippen MR) is 134 cm³/mol. The number of nitrogens with zero attached hydrogens (tertiary/aromatic N) is 2. The first-order valence-electron chi connectivity index (χ1n) is 11.4. The molecule has 178 valence electrons. The van der Waals surface area contributed by atoms with Crippen molar-refractivity contribution in [3.05, 3.63) is 76.3 Å². The molecule has 2 amide bonds. The van der Waals surface area contributed by atoms with Gasteiger partial charge < -0.3 is 15.4 Å². The summed E-state index contributed by atoms with van der Waals surface area (Å²) in [7, 11) is 1.52. The third kappa shape index (κ3) is 5.63. The smallest absolute Gasteiger partial charge is 0.255 e. The number of hydrogen-bond donors (Lipinski definition) is 2. The van der Waals surface area contributed by atoms with Gasteiger partial charge in [-0.05, 0) is 23.6 Å². The zero-order chi connectivity index (χ0) is 24.1. The monoisotopic (exact) mass is 478 g/mol. The van der Waals surface area contributed by atoms with Crippen molar-refractivity contribution in [3.63, 3.8) is 0 Å². The molecule has 1 aromatic heterocycles. The molecule has 3 aromatic rings. The van der Waals surface area contributed by atoms with Gasteiger partial charge >= 0.3 is 0 Å². The van der Waals surface area contributed by atoms with E-state index in [0.717, 1.165) is 31.7 Å². The number of rotatable bonds is 8. The third-order valence-electron chi connectivity index (χ3n) is 5.88. The highest BCUT2D eigenvalue weighted by Crippen LogP contribution is 2.29. The fourth-order valence-electron chi connectivity index (χ4n) is 4.05. The highest BCUT2D eigenvalue weighted by Gasteiger charge is 2.28. The summed E-state index contributed by atoms with van der Waals surface area (Å²) in [5.41, 5.74) is 2.73. The lowest BCUT2D eigenvalue weighted by molar-refractivity contribution is -0.118. The maximum Gasteiger partial charge on any atom is 0.255 e. The number of thiazole rings is 1. The van der Waals surface area contributed by atoms with Crippen LogP contribution in [0.4, 0.5) is 5.13 Å². The molecule has 0 radical (unpaired) electrons. The molecule has 1 atom stereocenters. The Hall–Kier alpha value is -3.23. The van der Waals surface area contributed by atoms with Crippen LogP contribution in [0.3, 0.4) is 0 Å². The highest BCUT2D eigenvalue weighted by atomic mass is 32.1. The van der Waals surface area contributed by atoms with Gasteiger partial charge in [0, 0.05) is 30.9 Å². The van der Waals surface area contributed by atoms with Crippen LogP contribution < -0.4 is 15.4 Å². The number of carbonyl (C=O) groups is 2. The number of ether oxygens (including phenoxy) is 1. The molecule has 0 saturated heterocycles. The fourth-order valence-corrected chi connectivity index (χ4v) is 5.10. The van der Waals surface area contributed by atoms with Crippen LogP contribution in [0, 0.1) is 5.92 Å². The number of hydrogen-bond acceptors (Lipinski definition) is 6. The normalized spacial score (nSPS) is 14.4. The number of nitrogens with one attached hydrogen (secondary N) is 2. The second kappa shape index (κ2) is 10.8. The van der Waals surface area contributed by atoms with Gasteiger partial charge in [0.15, 0.2) is 5.13 Å². The molecule has 0 spiro atoms. The Labute approximate surface area is 204 Å². The average Bonchev–Trinajstić information content (AvgIpc) is 3.24. The Balaban J connectivity index is 1.41. The lowest BCUT2D eigenvalue weighted by Gasteiger charge is -2.25. The van der Waals surface area contributed by atoms with Gasteiger partial charge in [0.1, 0.15) is 11.8 Å². The highest BCUT2D eigenvalue weighted by molar-refractivity contribution is 7.15. The van der Waals surface area contributed by atoms with E-state index in [1.807, 2.05) is 19.9 Å². The van der Waals surface area contributed by atoms with Gasteiger partial charge in [-0.15, -0.1) is 11.3 Å². The van der Waals surface area contributed by atoms with E-state index < -0.39 is 6.04 Å². The van der Waals surface area contributed by atoms with E-state index in [1.54, 1.807) is 24.3 Å². The molecule has 7 nitrogen and oxygen atoms in total. The standard InChI is InChI=1S/C26H30N4O3S/c1-17(2)23(28-24(31)19-11-7-8-12-21(19)33-3)25(32)29-26-27-20-13-14-30(16-22(20)34-26)15-18-9-5-4-6-10-18/h4-12,17,23H,13-16H2,1-3H3,(H,28,31)(H,27,29,32)/t23-/m0/s1. The van der Waals surface area contributed by atoms with E-state index >= 15 is 0 Å². The summed E-state index contributed by atoms with van der Waals surface area (Å²) in [4.78, 5) is 34.2. The molecule has 2 heterocycles. The van der Waals surface area contributed by atoms with Crippen molar-refractivity contribution in [2.45, 2.75) is 39.4 Å². The quantitative estimate of drug-likeness (QED) is 0.509. The zero-order valence-electron chi connectivity index (χ0n) is 19.7. The van der Waals surface area contributed by atoms with Crippen LogP contribution in [0.1, 0.15) is 40.3 Å². The van der Waals surface area contributed by atoms with Crippen LogP contribution >= 0.6 is 11.3 Å². The van der Waals surface area contributed by atoms with Crippen LogP contribution in [0.15, 0.2) is 54.6 Å². The molecule has 1 aliphatic rings. The Kier molecular flexibility index (Phi) is 7.59. The molecular formula is C26H30N4O3S. The lowest BCUT2D eigenvalue weighted by atomic mass is 10.0. The van der Waals surface area contributed by atoms with E-state index in [0.29, 0.717) is 16.4 Å². The van der Waals surface area contributed by atoms with E-state index in [-0.39, 0.29) is 17.7 Å². The van der Waals surface area contributed by atoms with Crippen LogP contribution in [0.2, 0.25) is 0 Å². The van der Waals surface area contributed by atoms with Gasteiger partial charge in [-0.3, -0.25) is 14.5 Å². The Morgan fingerprint density at radius 1 is 1.12 bits per heavy atom. The molecule has 0 unspecified atom stereocenters. The third-order valence-corrected chi connectivity index (χ3v) is 6.87. The maximum atomic E-state index is 13.1. The predicted octanol–water partition coefficient (Wildman–Crippen LogP) is 4.10. The Bertz CT molecular complexity index is 1150. The molecule has 8 heteroatoms. The second-order valence-electron chi connectivity index (χ2n) is 8.72. The van der Waals surface area contributed by atoms with Crippen molar-refractivity contribution in [2.75, 3.05) is 19.0 Å². The lowest BCUT2D eigenvalue weighted by Crippen LogP contribution is -2.47. The van der Waals surface area contributed by atoms with E-state index in [4.69, 9.17) is 4.74 Å². The number of benzene rings is 2. The molecule has 0 aliphatic carbocycles. The Morgan fingerprint density at radius 3 is 2.59 bits per heavy atom. The molecule has 4 rings (SSSR count). The van der Waals surface area contributed by atoms with Crippen LogP contribution in [0.25, 0.3) is 0 Å². The minimum atomic E-state index is -0.701. The maximum absolute atomic E-state index is 13.1. The number of anilines is 1. The number of carbonyl (C=O) groups excluding carboxylic acids is 2. The van der Waals surface area contributed by atoms with Crippen molar-refractivity contribution < 1.29 is 14.3 Å². The van der Waals surface area contributed by atoms with Gasteiger partial charge in [0.25, 0.3) is 5.91 Å². The van der Waals surface area contributed by atoms with Gasteiger partial charge in [-0.2, -0.15) is 0 Å². The second-order valence-corrected chi connectivity index (χ2v) is 9.80. The van der Waals surface area contributed by atoms with Gasteiger partial charge in [0.05, 0.1) is 18.4 Å². The summed E-state index contributed by atoms with van der Waals surface area (Å²) in [5.74, 6) is -0.253. The number of aromatic nitrogens is 1. The van der Waals surface area contributed by atoms with E-state index in [9.17, 15) is 9.59 Å². The van der Waals surface area contributed by atoms with Crippen LogP contribution in [-0.2, 0) is 24.3 Å². The SMILES string of the molecule is COc1ccccc1C(=O)N[C@H](C(=O)Nc1nc2c(s1)CN(Cc1ccccc1)CC2)C(C)C. The number of methoxy groups -OCH3 is 1. The summed E-state index contributed by atoms with van der Waals surface area (Å²) in [6.07, 6.45) is 0.854. The summed E-state index contributed by atoms with van der Waals surface area (Å²) in [6.45, 7) is 6.45. The average molecular weight is 479 g/mol. The first-order chi connectivity index (χ1) is 16.4. The van der Waals surface area contributed by atoms with Gasteiger partial charge in [0.2, 0.25) is 5.91 Å². The summed E-state index contributed by atoms with van der Waals surface area (Å²) in [6, 6.07) is 16.7. The van der Waals surface area contributed by atoms with Crippen molar-refractivity contribution in [1.82, 2.24) is 15.2 Å². The van der Waals surface area contributed by atoms with E-state index in [2.05, 4.69) is 44.8 Å². The molecular weight excluding hydrogens is 448 g/mol. The van der Waals surface area contributed by atoms with Crippen LogP contribution in [0.5, 0.6) is 5.75 Å². The number of amides is 2. The minimum absolute atomic E-state index is 0.102. The van der Waals surface area contributed by atoms with Crippen LogP contribution in [-0.4, -0.2) is 41.4 Å². The molecule has 0 saturated carbocycles. The topological polar surface area (TPSA) is 83.6 Å². The molecule has 34 heavy (non-hydrogen) atoms. The van der Waals surface area contributed by atoms with Crippen molar-refractivity contribution >= 4 is 28.3 Å². The first-order valence-corrected chi connectivity index (χ1v) is 12.3. The number of fused-ring (bicyclic) bond motifs is 1. The summed E-state index contributed by atoms with van der Waals surface area (Å²) < 4.78 is 5.28.